The molecular formula is C11H14N6O. The summed E-state index contributed by atoms with van der Waals surface area (Å²) in [7, 11) is 0. The number of amides is 1. The fourth-order valence-corrected chi connectivity index (χ4v) is 1.38. The zero-order valence-corrected chi connectivity index (χ0v) is 9.97. The molecule has 7 nitrogen and oxygen atoms in total. The summed E-state index contributed by atoms with van der Waals surface area (Å²) in [6, 6.07) is 3.36. The Kier molecular flexibility index (Phi) is 3.85. The van der Waals surface area contributed by atoms with Gasteiger partial charge in [-0.25, -0.2) is 0 Å². The lowest BCUT2D eigenvalue weighted by atomic mass is 10.3. The Labute approximate surface area is 104 Å². The van der Waals surface area contributed by atoms with Crippen molar-refractivity contribution in [3.8, 4) is 0 Å². The molecular weight excluding hydrogens is 232 g/mol. The summed E-state index contributed by atoms with van der Waals surface area (Å²) < 4.78 is 0. The Morgan fingerprint density at radius 2 is 2.28 bits per heavy atom. The van der Waals surface area contributed by atoms with Crippen molar-refractivity contribution in [2.45, 2.75) is 13.5 Å². The van der Waals surface area contributed by atoms with Gasteiger partial charge in [0.1, 0.15) is 5.82 Å². The van der Waals surface area contributed by atoms with E-state index in [-0.39, 0.29) is 5.91 Å². The molecule has 2 heterocycles. The third-order valence-electron chi connectivity index (χ3n) is 2.26. The maximum absolute atomic E-state index is 11.7. The first kappa shape index (κ1) is 12.0. The van der Waals surface area contributed by atoms with Gasteiger partial charge >= 0.3 is 0 Å². The van der Waals surface area contributed by atoms with Crippen LogP contribution < -0.4 is 10.6 Å². The monoisotopic (exact) mass is 246 g/mol. The highest BCUT2D eigenvalue weighted by atomic mass is 16.1. The van der Waals surface area contributed by atoms with Crippen molar-refractivity contribution in [3.63, 3.8) is 0 Å². The number of carbonyl (C=O) groups excluding carboxylic acids is 1. The van der Waals surface area contributed by atoms with Crippen molar-refractivity contribution in [1.29, 1.82) is 0 Å². The molecule has 2 aromatic heterocycles. The maximum atomic E-state index is 11.7. The van der Waals surface area contributed by atoms with Gasteiger partial charge < -0.3 is 10.6 Å². The van der Waals surface area contributed by atoms with E-state index in [4.69, 9.17) is 0 Å². The highest BCUT2D eigenvalue weighted by molar-refractivity contribution is 5.92. The Morgan fingerprint density at radius 3 is 2.89 bits per heavy atom. The summed E-state index contributed by atoms with van der Waals surface area (Å²) in [5.74, 6) is 0.399. The molecule has 0 saturated heterocycles. The number of nitrogens with one attached hydrogen (secondary N) is 3. The highest BCUT2D eigenvalue weighted by Crippen LogP contribution is 2.02. The molecule has 7 heteroatoms. The molecule has 18 heavy (non-hydrogen) atoms. The number of carbonyl (C=O) groups is 1. The van der Waals surface area contributed by atoms with Gasteiger partial charge in [-0.15, -0.1) is 10.2 Å². The van der Waals surface area contributed by atoms with Crippen LogP contribution in [0.1, 0.15) is 23.0 Å². The van der Waals surface area contributed by atoms with Crippen molar-refractivity contribution >= 4 is 11.7 Å². The van der Waals surface area contributed by atoms with Crippen LogP contribution in [0.4, 0.5) is 5.82 Å². The summed E-state index contributed by atoms with van der Waals surface area (Å²) >= 11 is 0. The van der Waals surface area contributed by atoms with Gasteiger partial charge in [0.25, 0.3) is 5.91 Å². The Balaban J connectivity index is 1.92. The SMILES string of the molecule is CCNc1ccc(C(=O)NCc2cn[nH]c2)nn1. The zero-order valence-electron chi connectivity index (χ0n) is 9.97. The molecule has 3 N–H and O–H groups in total. The molecule has 0 spiro atoms. The maximum Gasteiger partial charge on any atom is 0.272 e. The molecule has 0 radical (unpaired) electrons. The molecule has 0 fully saturated rings. The minimum atomic E-state index is -0.258. The Hall–Kier alpha value is -2.44. The van der Waals surface area contributed by atoms with Crippen molar-refractivity contribution in [2.24, 2.45) is 0 Å². The number of H-pyrrole nitrogens is 1. The van der Waals surface area contributed by atoms with Crippen LogP contribution in [-0.4, -0.2) is 32.8 Å². The van der Waals surface area contributed by atoms with Crippen LogP contribution in [0.25, 0.3) is 0 Å². The van der Waals surface area contributed by atoms with E-state index >= 15 is 0 Å². The van der Waals surface area contributed by atoms with E-state index in [1.807, 2.05) is 6.92 Å². The van der Waals surface area contributed by atoms with Crippen LogP contribution in [0, 0.1) is 0 Å². The number of nitrogens with zero attached hydrogens (tertiary/aromatic N) is 3. The standard InChI is InChI=1S/C11H14N6O/c1-2-12-10-4-3-9(16-17-10)11(18)13-5-8-6-14-15-7-8/h3-4,6-7H,2,5H2,1H3,(H,12,17)(H,13,18)(H,14,15). The topological polar surface area (TPSA) is 95.6 Å². The van der Waals surface area contributed by atoms with E-state index in [1.54, 1.807) is 24.5 Å². The molecule has 0 atom stereocenters. The fourth-order valence-electron chi connectivity index (χ4n) is 1.38. The largest absolute Gasteiger partial charge is 0.369 e. The number of aromatic amines is 1. The lowest BCUT2D eigenvalue weighted by molar-refractivity contribution is 0.0945. The second-order valence-electron chi connectivity index (χ2n) is 3.62. The predicted molar refractivity (Wildman–Crippen MR) is 66.0 cm³/mol. The number of anilines is 1. The van der Waals surface area contributed by atoms with Gasteiger partial charge in [0.2, 0.25) is 0 Å². The minimum absolute atomic E-state index is 0.258. The number of aromatic nitrogens is 4. The third-order valence-corrected chi connectivity index (χ3v) is 2.26. The second kappa shape index (κ2) is 5.76. The quantitative estimate of drug-likeness (QED) is 0.716. The molecule has 0 aliphatic carbocycles. The Bertz CT molecular complexity index is 493. The van der Waals surface area contributed by atoms with Gasteiger partial charge in [0, 0.05) is 24.8 Å². The highest BCUT2D eigenvalue weighted by Gasteiger charge is 2.07. The van der Waals surface area contributed by atoms with Crippen LogP contribution in [0.15, 0.2) is 24.5 Å². The van der Waals surface area contributed by atoms with E-state index in [9.17, 15) is 4.79 Å². The van der Waals surface area contributed by atoms with E-state index in [0.29, 0.717) is 18.1 Å². The minimum Gasteiger partial charge on any atom is -0.369 e. The van der Waals surface area contributed by atoms with Gasteiger partial charge in [-0.1, -0.05) is 0 Å². The van der Waals surface area contributed by atoms with E-state index in [0.717, 1.165) is 12.1 Å². The van der Waals surface area contributed by atoms with E-state index in [2.05, 4.69) is 31.0 Å². The van der Waals surface area contributed by atoms with Crippen molar-refractivity contribution in [2.75, 3.05) is 11.9 Å². The molecule has 0 aliphatic rings. The third kappa shape index (κ3) is 3.03. The normalized spacial score (nSPS) is 10.1. The summed E-state index contributed by atoms with van der Waals surface area (Å²) in [5.41, 5.74) is 1.20. The molecule has 2 aromatic rings. The molecule has 0 saturated carbocycles. The van der Waals surface area contributed by atoms with Gasteiger partial charge in [-0.3, -0.25) is 9.89 Å². The number of hydrogen-bond acceptors (Lipinski definition) is 5. The van der Waals surface area contributed by atoms with Crippen LogP contribution in [-0.2, 0) is 6.54 Å². The first-order chi connectivity index (χ1) is 8.79. The Morgan fingerprint density at radius 1 is 1.39 bits per heavy atom. The molecule has 94 valence electrons. The molecule has 0 bridgehead atoms. The molecule has 0 aromatic carbocycles. The van der Waals surface area contributed by atoms with Crippen molar-refractivity contribution in [3.05, 3.63) is 35.8 Å². The first-order valence-corrected chi connectivity index (χ1v) is 5.63. The molecule has 0 unspecified atom stereocenters. The molecule has 0 aliphatic heterocycles. The average molecular weight is 246 g/mol. The van der Waals surface area contributed by atoms with Gasteiger partial charge in [0.15, 0.2) is 5.69 Å². The van der Waals surface area contributed by atoms with Gasteiger partial charge in [0.05, 0.1) is 6.20 Å². The van der Waals surface area contributed by atoms with Crippen LogP contribution in [0.2, 0.25) is 0 Å². The van der Waals surface area contributed by atoms with E-state index < -0.39 is 0 Å². The lowest BCUT2D eigenvalue weighted by Gasteiger charge is -2.04. The molecule has 1 amide bonds. The first-order valence-electron chi connectivity index (χ1n) is 5.63. The fraction of sp³-hybridized carbons (Fsp3) is 0.273. The van der Waals surface area contributed by atoms with Gasteiger partial charge in [-0.2, -0.15) is 5.10 Å². The second-order valence-corrected chi connectivity index (χ2v) is 3.62. The van der Waals surface area contributed by atoms with Crippen molar-refractivity contribution < 1.29 is 4.79 Å². The summed E-state index contributed by atoms with van der Waals surface area (Å²) in [4.78, 5) is 11.7. The number of rotatable bonds is 5. The zero-order chi connectivity index (χ0) is 12.8. The smallest absolute Gasteiger partial charge is 0.272 e. The van der Waals surface area contributed by atoms with Gasteiger partial charge in [-0.05, 0) is 19.1 Å². The van der Waals surface area contributed by atoms with E-state index in [1.165, 1.54) is 0 Å². The van der Waals surface area contributed by atoms with Crippen LogP contribution in [0.5, 0.6) is 0 Å². The lowest BCUT2D eigenvalue weighted by Crippen LogP contribution is -2.24. The number of hydrogen-bond donors (Lipinski definition) is 3. The van der Waals surface area contributed by atoms with Crippen LogP contribution in [0.3, 0.4) is 0 Å². The molecule has 2 rings (SSSR count). The van der Waals surface area contributed by atoms with Crippen LogP contribution >= 0.6 is 0 Å². The predicted octanol–water partition coefficient (Wildman–Crippen LogP) is 0.561. The summed E-state index contributed by atoms with van der Waals surface area (Å²) in [6.45, 7) is 3.14. The summed E-state index contributed by atoms with van der Waals surface area (Å²) in [6.07, 6.45) is 3.38. The average Bonchev–Trinajstić information content (AvgIpc) is 2.90. The summed E-state index contributed by atoms with van der Waals surface area (Å²) in [5, 5.41) is 20.0. The van der Waals surface area contributed by atoms with Crippen molar-refractivity contribution in [1.82, 2.24) is 25.7 Å².